The molecule has 6 amide bonds. The number of rotatable bonds is 37. The Kier molecular flexibility index (Phi) is 31.9. The van der Waals surface area contributed by atoms with Gasteiger partial charge in [0.1, 0.15) is 31.9 Å². The number of fused-ring (bicyclic) bond motifs is 10. The molecule has 6 aromatic carbocycles. The second-order valence-electron chi connectivity index (χ2n) is 26.6. The number of likely N-dealkylation sites (tertiary alicyclic amines) is 1. The molecule has 108 heavy (non-hydrogen) atoms. The molecule has 23 nitrogen and oxygen atoms in total. The molecule has 0 bridgehead atoms. The summed E-state index contributed by atoms with van der Waals surface area (Å²) in [5.41, 5.74) is 13.5. The van der Waals surface area contributed by atoms with E-state index in [2.05, 4.69) is 82.9 Å². The molecule has 0 saturated carbocycles. The van der Waals surface area contributed by atoms with Crippen LogP contribution in [0, 0.1) is 11.8 Å². The van der Waals surface area contributed by atoms with Crippen molar-refractivity contribution in [3.05, 3.63) is 179 Å². The van der Waals surface area contributed by atoms with E-state index in [1.807, 2.05) is 121 Å². The van der Waals surface area contributed by atoms with Crippen LogP contribution in [-0.4, -0.2) is 192 Å². The highest BCUT2D eigenvalue weighted by Crippen LogP contribution is 2.47. The summed E-state index contributed by atoms with van der Waals surface area (Å²) in [5, 5.41) is 29.6. The van der Waals surface area contributed by atoms with Crippen LogP contribution in [0.4, 0.5) is 9.59 Å². The van der Waals surface area contributed by atoms with Gasteiger partial charge in [-0.1, -0.05) is 159 Å². The maximum Gasteiger partial charge on any atom is 0.407 e. The Bertz CT molecular complexity index is 4030. The molecular weight excluding hydrogens is 1460 g/mol. The van der Waals surface area contributed by atoms with Crippen LogP contribution in [-0.2, 0) is 66.8 Å². The summed E-state index contributed by atoms with van der Waals surface area (Å²) in [6.07, 6.45) is 3.79. The van der Waals surface area contributed by atoms with Crippen molar-refractivity contribution >= 4 is 115 Å². The number of ether oxygens (including phenoxy) is 5. The van der Waals surface area contributed by atoms with E-state index < -0.39 is 64.9 Å². The van der Waals surface area contributed by atoms with Gasteiger partial charge in [0.25, 0.3) is 0 Å². The number of nitrogens with zero attached hydrogens (tertiary/aromatic N) is 1. The van der Waals surface area contributed by atoms with E-state index in [-0.39, 0.29) is 137 Å². The highest BCUT2D eigenvalue weighted by atomic mass is 32.2. The van der Waals surface area contributed by atoms with E-state index >= 15 is 0 Å². The number of thiol groups is 2. The molecule has 6 aliphatic rings. The summed E-state index contributed by atoms with van der Waals surface area (Å²) in [6.45, 7) is 2.04. The monoisotopic (exact) mass is 1550 g/mol. The number of aldehydes is 1. The number of esters is 2. The van der Waals surface area contributed by atoms with Gasteiger partial charge in [-0.2, -0.15) is 37.0 Å². The maximum atomic E-state index is 13.0. The molecule has 6 aromatic rings. The van der Waals surface area contributed by atoms with E-state index in [4.69, 9.17) is 28.8 Å². The zero-order valence-corrected chi connectivity index (χ0v) is 62.5. The molecular formula is C81H93N5O18S4. The molecule has 0 radical (unpaired) electrons. The summed E-state index contributed by atoms with van der Waals surface area (Å²) in [5.74, 6) is -5.28. The number of hydrogen-bond acceptors (Lipinski definition) is 20. The van der Waals surface area contributed by atoms with Crippen LogP contribution < -0.4 is 21.3 Å². The Morgan fingerprint density at radius 2 is 1.05 bits per heavy atom. The summed E-state index contributed by atoms with van der Waals surface area (Å²) in [7, 11) is 0. The lowest BCUT2D eigenvalue weighted by Gasteiger charge is -2.17. The van der Waals surface area contributed by atoms with Crippen molar-refractivity contribution in [2.24, 2.45) is 11.8 Å². The van der Waals surface area contributed by atoms with Crippen LogP contribution >= 0.6 is 48.8 Å². The van der Waals surface area contributed by atoms with Gasteiger partial charge in [-0.3, -0.25) is 43.3 Å². The van der Waals surface area contributed by atoms with Crippen molar-refractivity contribution in [1.82, 2.24) is 26.2 Å². The van der Waals surface area contributed by atoms with Gasteiger partial charge in [0.15, 0.2) is 0 Å². The van der Waals surface area contributed by atoms with Gasteiger partial charge >= 0.3 is 36.0 Å². The summed E-state index contributed by atoms with van der Waals surface area (Å²) in [4.78, 5) is 133. The molecule has 3 fully saturated rings. The van der Waals surface area contributed by atoms with Crippen molar-refractivity contribution in [3.8, 4) is 33.4 Å². The minimum atomic E-state index is -1.20. The molecule has 7 atom stereocenters. The molecule has 3 aliphatic heterocycles. The van der Waals surface area contributed by atoms with Crippen molar-refractivity contribution in [2.45, 2.75) is 118 Å². The van der Waals surface area contributed by atoms with Gasteiger partial charge in [-0.05, 0) is 86.0 Å². The van der Waals surface area contributed by atoms with Crippen LogP contribution in [0.15, 0.2) is 146 Å². The predicted molar refractivity (Wildman–Crippen MR) is 418 cm³/mol. The molecule has 6 unspecified atom stereocenters. The maximum absolute atomic E-state index is 13.0. The first-order chi connectivity index (χ1) is 51.9. The number of carbonyl (C=O) groups excluding carboxylic acids is 9. The Hall–Kier alpha value is -8.99. The molecule has 12 rings (SSSR count). The van der Waals surface area contributed by atoms with E-state index in [0.29, 0.717) is 50.6 Å². The van der Waals surface area contributed by atoms with Gasteiger partial charge in [0, 0.05) is 91.4 Å². The Morgan fingerprint density at radius 3 is 1.52 bits per heavy atom. The number of benzene rings is 6. The van der Waals surface area contributed by atoms with Crippen molar-refractivity contribution < 1.29 is 86.6 Å². The lowest BCUT2D eigenvalue weighted by Crippen LogP contribution is -2.38. The van der Waals surface area contributed by atoms with Crippen LogP contribution in [0.1, 0.15) is 123 Å². The van der Waals surface area contributed by atoms with Crippen LogP contribution in [0.5, 0.6) is 0 Å². The van der Waals surface area contributed by atoms with Gasteiger partial charge in [0.2, 0.25) is 17.7 Å². The predicted octanol–water partition coefficient (Wildman–Crippen LogP) is 10.9. The molecule has 574 valence electrons. The molecule has 0 spiro atoms. The number of carboxylic acid groups (broad SMARTS) is 2. The number of Topliss-reactive ketones (excluding diaryl/α,β-unsaturated/α-hetero) is 1. The SMILES string of the molecule is C.O=C(CC(CS)C(=O)O)OCC1c2ccccc2-c2ccccc21.O=C(CCCCC1SCC2NC(=O)NC21)CCCOCCOCCNC(=O)CCN1C(=O)CC(SCC(CC(=O)OCC2c3ccccc3-c3ccccc32)C(=O)O)C1=O.O=C[C@H](CS)NC(=O)OCC1c2ccccc2-c2ccccc21. The minimum absolute atomic E-state index is 0. The number of unbranched alkanes of at least 4 members (excludes halogenated alkanes) is 1. The molecule has 6 N–H and O–H groups in total. The number of urea groups is 1. The van der Waals surface area contributed by atoms with Crippen molar-refractivity contribution in [1.29, 1.82) is 0 Å². The number of carbonyl (C=O) groups is 11. The second-order valence-corrected chi connectivity index (χ2v) is 29.9. The summed E-state index contributed by atoms with van der Waals surface area (Å²) in [6, 6.07) is 48.0. The van der Waals surface area contributed by atoms with Crippen molar-refractivity contribution in [3.63, 3.8) is 0 Å². The first-order valence-electron chi connectivity index (χ1n) is 35.9. The molecule has 3 heterocycles. The third-order valence-corrected chi connectivity index (χ3v) is 23.3. The summed E-state index contributed by atoms with van der Waals surface area (Å²) >= 11 is 10.9. The lowest BCUT2D eigenvalue weighted by molar-refractivity contribution is -0.151. The van der Waals surface area contributed by atoms with E-state index in [1.54, 1.807) is 0 Å². The number of alkyl carbamates (subject to hydrolysis) is 1. The Balaban J connectivity index is 0.000000227. The standard InChI is InChI=1S/C43H54N4O11S2.C19H18O4S.C18H17NO3S.CH4/c48-28(8-1-6-14-35-40-34(26-60-35)45-43(55)46-40)9-7-18-56-20-21-57-19-16-44-37(49)15-17-47-38(50)23-36(41(47)52)59-25-27(42(53)54)22-39(51)58-24-33-31-12-4-2-10-29(31)30-11-3-5-13-32(30)33;20-18(9-12(11-24)19(21)22)23-10-17-15-7-3-1-5-13(15)14-6-2-4-8-16(14)17;20-9-12(11-23)19-18(21)22-10-17-15-7-3-1-5-13(15)14-6-2-4-8-16(14)17;/h2-5,10-13,27,33-36,40H,1,6-9,14-26H2,(H,44,49)(H,53,54)(H2,45,46,55);1-8,12,17,24H,9-11H2,(H,21,22);1-9,12,17,23H,10-11H2,(H,19,21);1H4/t;;12-;/m..1./s1. The number of imide groups is 1. The average Bonchev–Trinajstić information content (AvgIpc) is 1.63. The van der Waals surface area contributed by atoms with Gasteiger partial charge in [0.05, 0.1) is 67.9 Å². The van der Waals surface area contributed by atoms with Gasteiger partial charge in [-0.25, -0.2) is 9.59 Å². The summed E-state index contributed by atoms with van der Waals surface area (Å²) < 4.78 is 27.4. The zero-order chi connectivity index (χ0) is 75.8. The fourth-order valence-electron chi connectivity index (χ4n) is 14.1. The first kappa shape index (κ1) is 83.1. The number of ketones is 1. The third kappa shape index (κ3) is 22.1. The number of thioether (sulfide) groups is 2. The average molecular weight is 1550 g/mol. The van der Waals surface area contributed by atoms with Crippen molar-refractivity contribution in [2.75, 3.05) is 82.3 Å². The molecule has 27 heteroatoms. The fraction of sp³-hybridized carbons (Fsp3) is 0.420. The number of nitrogens with one attached hydrogen (secondary N) is 4. The van der Waals surface area contributed by atoms with E-state index in [0.717, 1.165) is 97.3 Å². The molecule has 3 aliphatic carbocycles. The first-order valence-corrected chi connectivity index (χ1v) is 39.3. The Morgan fingerprint density at radius 1 is 0.583 bits per heavy atom. The normalized spacial score (nSPS) is 17.6. The number of aliphatic carboxylic acids is 2. The minimum Gasteiger partial charge on any atom is -0.481 e. The largest absolute Gasteiger partial charge is 0.481 e. The fourth-order valence-corrected chi connectivity index (χ4v) is 17.3. The molecule has 3 saturated heterocycles. The Labute approximate surface area is 648 Å². The van der Waals surface area contributed by atoms with E-state index in [9.17, 15) is 57.8 Å². The van der Waals surface area contributed by atoms with Gasteiger partial charge in [-0.15, -0.1) is 11.8 Å². The van der Waals surface area contributed by atoms with Gasteiger partial charge < -0.3 is 60.0 Å². The smallest absolute Gasteiger partial charge is 0.407 e. The number of amides is 6. The topological polar surface area (TPSA) is 326 Å². The van der Waals surface area contributed by atoms with Crippen LogP contribution in [0.25, 0.3) is 33.4 Å². The highest BCUT2D eigenvalue weighted by Gasteiger charge is 2.43. The van der Waals surface area contributed by atoms with Crippen LogP contribution in [0.3, 0.4) is 0 Å². The zero-order valence-electron chi connectivity index (χ0n) is 59.1. The number of carboxylic acids is 2. The lowest BCUT2D eigenvalue weighted by atomic mass is 9.98. The second kappa shape index (κ2) is 41.5. The van der Waals surface area contributed by atoms with E-state index in [1.165, 1.54) is 11.1 Å². The molecule has 0 aromatic heterocycles. The highest BCUT2D eigenvalue weighted by molar-refractivity contribution is 8.00. The number of hydrogen-bond donors (Lipinski definition) is 8. The quantitative estimate of drug-likeness (QED) is 0.00342. The third-order valence-electron chi connectivity index (χ3n) is 19.6. The van der Waals surface area contributed by atoms with Crippen LogP contribution in [0.2, 0.25) is 0 Å².